The van der Waals surface area contributed by atoms with Gasteiger partial charge in [0.25, 0.3) is 10.0 Å². The minimum Gasteiger partial charge on any atom is -0.342 e. The number of nitrogens with zero attached hydrogens (tertiary/aromatic N) is 2. The van der Waals surface area contributed by atoms with Crippen molar-refractivity contribution in [1.82, 2.24) is 14.5 Å². The molecule has 0 unspecified atom stereocenters. The Kier molecular flexibility index (Phi) is 5.54. The number of rotatable bonds is 6. The average molecular weight is 345 g/mol. The Morgan fingerprint density at radius 3 is 2.55 bits per heavy atom. The van der Waals surface area contributed by atoms with Gasteiger partial charge in [0.15, 0.2) is 0 Å². The van der Waals surface area contributed by atoms with E-state index in [-0.39, 0.29) is 16.7 Å². The number of piperazine rings is 1. The quantitative estimate of drug-likeness (QED) is 0.729. The van der Waals surface area contributed by atoms with Gasteiger partial charge >= 0.3 is 0 Å². The minimum atomic E-state index is -3.64. The number of thiophene rings is 1. The molecule has 7 nitrogen and oxygen atoms in total. The number of amides is 2. The maximum absolute atomic E-state index is 12.1. The molecule has 1 aromatic rings. The van der Waals surface area contributed by atoms with Crippen molar-refractivity contribution in [2.45, 2.75) is 17.6 Å². The lowest BCUT2D eigenvalue weighted by atomic mass is 10.3. The van der Waals surface area contributed by atoms with Crippen LogP contribution >= 0.6 is 11.3 Å². The van der Waals surface area contributed by atoms with Gasteiger partial charge in [-0.25, -0.2) is 13.1 Å². The molecule has 0 aliphatic carbocycles. The molecule has 9 heteroatoms. The van der Waals surface area contributed by atoms with Crippen LogP contribution in [0, 0.1) is 0 Å². The van der Waals surface area contributed by atoms with Gasteiger partial charge in [0, 0.05) is 31.1 Å². The van der Waals surface area contributed by atoms with E-state index < -0.39 is 10.0 Å². The van der Waals surface area contributed by atoms with E-state index in [0.29, 0.717) is 26.2 Å². The fourth-order valence-electron chi connectivity index (χ4n) is 2.11. The minimum absolute atomic E-state index is 0.225. The van der Waals surface area contributed by atoms with Gasteiger partial charge in [0.05, 0.1) is 6.54 Å². The van der Waals surface area contributed by atoms with Crippen molar-refractivity contribution in [3.63, 3.8) is 0 Å². The van der Waals surface area contributed by atoms with Gasteiger partial charge in [0.2, 0.25) is 12.3 Å². The zero-order valence-corrected chi connectivity index (χ0v) is 14.0. The molecule has 22 heavy (non-hydrogen) atoms. The lowest BCUT2D eigenvalue weighted by molar-refractivity contribution is -0.134. The summed E-state index contributed by atoms with van der Waals surface area (Å²) in [7, 11) is -3.64. The molecule has 0 bridgehead atoms. The Hall–Kier alpha value is -1.45. The molecule has 1 saturated heterocycles. The van der Waals surface area contributed by atoms with Crippen molar-refractivity contribution < 1.29 is 18.0 Å². The predicted molar refractivity (Wildman–Crippen MR) is 83.1 cm³/mol. The van der Waals surface area contributed by atoms with Crippen LogP contribution in [0.3, 0.4) is 0 Å². The Bertz CT molecular complexity index is 633. The maximum Gasteiger partial charge on any atom is 0.250 e. The fraction of sp³-hybridized carbons (Fsp3) is 0.538. The van der Waals surface area contributed by atoms with Crippen molar-refractivity contribution in [3.8, 4) is 0 Å². The highest BCUT2D eigenvalue weighted by Gasteiger charge is 2.23. The summed E-state index contributed by atoms with van der Waals surface area (Å²) in [6.45, 7) is 3.51. The van der Waals surface area contributed by atoms with E-state index in [9.17, 15) is 18.0 Å². The van der Waals surface area contributed by atoms with Gasteiger partial charge < -0.3 is 9.80 Å². The van der Waals surface area contributed by atoms with Crippen molar-refractivity contribution in [3.05, 3.63) is 17.0 Å². The number of carbonyl (C=O) groups excluding carboxylic acids is 2. The van der Waals surface area contributed by atoms with E-state index >= 15 is 0 Å². The van der Waals surface area contributed by atoms with Crippen LogP contribution < -0.4 is 4.72 Å². The van der Waals surface area contributed by atoms with Gasteiger partial charge in [-0.3, -0.25) is 9.59 Å². The molecular weight excluding hydrogens is 326 g/mol. The first kappa shape index (κ1) is 16.9. The summed E-state index contributed by atoms with van der Waals surface area (Å²) in [5, 5.41) is 0. The molecule has 1 aliphatic rings. The van der Waals surface area contributed by atoms with Crippen LogP contribution in [0.25, 0.3) is 0 Å². The summed E-state index contributed by atoms with van der Waals surface area (Å²) in [5.74, 6) is -0.276. The predicted octanol–water partition coefficient (Wildman–Crippen LogP) is -0.111. The van der Waals surface area contributed by atoms with E-state index in [1.165, 1.54) is 11.3 Å². The molecule has 0 saturated carbocycles. The second-order valence-electron chi connectivity index (χ2n) is 4.92. The number of aryl methyl sites for hydroxylation is 1. The van der Waals surface area contributed by atoms with Crippen LogP contribution in [0.5, 0.6) is 0 Å². The summed E-state index contributed by atoms with van der Waals surface area (Å²) in [6.07, 6.45) is 1.53. The number of hydrogen-bond acceptors (Lipinski definition) is 5. The molecule has 1 N–H and O–H groups in total. The molecule has 1 fully saturated rings. The monoisotopic (exact) mass is 345 g/mol. The fourth-order valence-corrected chi connectivity index (χ4v) is 4.42. The molecule has 0 spiro atoms. The molecule has 2 heterocycles. The maximum atomic E-state index is 12.1. The van der Waals surface area contributed by atoms with Crippen molar-refractivity contribution in [2.75, 3.05) is 32.7 Å². The molecular formula is C13H19N3O4S2. The van der Waals surface area contributed by atoms with Gasteiger partial charge in [-0.2, -0.15) is 0 Å². The molecule has 2 rings (SSSR count). The third kappa shape index (κ3) is 4.05. The summed E-state index contributed by atoms with van der Waals surface area (Å²) in [6, 6.07) is 3.33. The average Bonchev–Trinajstić information content (AvgIpc) is 3.03. The lowest BCUT2D eigenvalue weighted by Gasteiger charge is -2.32. The van der Waals surface area contributed by atoms with Gasteiger partial charge in [-0.05, 0) is 18.6 Å². The number of nitrogens with one attached hydrogen (secondary N) is 1. The molecule has 0 aromatic carbocycles. The van der Waals surface area contributed by atoms with Crippen molar-refractivity contribution in [1.29, 1.82) is 0 Å². The molecule has 122 valence electrons. The van der Waals surface area contributed by atoms with Crippen LogP contribution in [0.15, 0.2) is 16.3 Å². The van der Waals surface area contributed by atoms with E-state index in [0.717, 1.165) is 17.7 Å². The first-order valence-electron chi connectivity index (χ1n) is 7.01. The second kappa shape index (κ2) is 7.21. The molecule has 0 radical (unpaired) electrons. The number of carbonyl (C=O) groups is 2. The highest BCUT2D eigenvalue weighted by Crippen LogP contribution is 2.21. The number of hydrogen-bond donors (Lipinski definition) is 1. The first-order valence-corrected chi connectivity index (χ1v) is 9.31. The Balaban J connectivity index is 1.89. The van der Waals surface area contributed by atoms with Crippen LogP contribution in [0.1, 0.15) is 11.8 Å². The Morgan fingerprint density at radius 1 is 1.32 bits per heavy atom. The Morgan fingerprint density at radius 2 is 2.00 bits per heavy atom. The number of sulfonamides is 1. The van der Waals surface area contributed by atoms with Gasteiger partial charge in [-0.15, -0.1) is 11.3 Å². The molecule has 2 amide bonds. The van der Waals surface area contributed by atoms with E-state index in [1.807, 2.05) is 6.92 Å². The largest absolute Gasteiger partial charge is 0.342 e. The van der Waals surface area contributed by atoms with Crippen molar-refractivity contribution in [2.24, 2.45) is 0 Å². The highest BCUT2D eigenvalue weighted by molar-refractivity contribution is 7.91. The van der Waals surface area contributed by atoms with Gasteiger partial charge in [0.1, 0.15) is 4.21 Å². The summed E-state index contributed by atoms with van der Waals surface area (Å²) < 4.78 is 26.8. The summed E-state index contributed by atoms with van der Waals surface area (Å²) in [5.41, 5.74) is 0. The SMILES string of the molecule is CCc1ccc(S(=O)(=O)NCC(=O)N2CCN(C=O)CC2)s1. The van der Waals surface area contributed by atoms with E-state index in [4.69, 9.17) is 0 Å². The molecule has 0 atom stereocenters. The van der Waals surface area contributed by atoms with Crippen LogP contribution in [-0.2, 0) is 26.0 Å². The smallest absolute Gasteiger partial charge is 0.250 e. The van der Waals surface area contributed by atoms with E-state index in [1.54, 1.807) is 21.9 Å². The lowest BCUT2D eigenvalue weighted by Crippen LogP contribution is -2.50. The van der Waals surface area contributed by atoms with Gasteiger partial charge in [-0.1, -0.05) is 6.92 Å². The molecule has 1 aliphatic heterocycles. The third-order valence-electron chi connectivity index (χ3n) is 3.48. The van der Waals surface area contributed by atoms with Crippen LogP contribution in [0.4, 0.5) is 0 Å². The Labute approximate surface area is 134 Å². The highest BCUT2D eigenvalue weighted by atomic mass is 32.2. The second-order valence-corrected chi connectivity index (χ2v) is 8.08. The van der Waals surface area contributed by atoms with E-state index in [2.05, 4.69) is 4.72 Å². The zero-order valence-electron chi connectivity index (χ0n) is 12.3. The zero-order chi connectivity index (χ0) is 16.2. The molecule has 1 aromatic heterocycles. The van der Waals surface area contributed by atoms with Crippen LogP contribution in [-0.4, -0.2) is 63.3 Å². The topological polar surface area (TPSA) is 86.8 Å². The van der Waals surface area contributed by atoms with Crippen molar-refractivity contribution >= 4 is 33.7 Å². The third-order valence-corrected chi connectivity index (χ3v) is 6.60. The first-order chi connectivity index (χ1) is 10.5. The summed E-state index contributed by atoms with van der Waals surface area (Å²) in [4.78, 5) is 26.8. The normalized spacial score (nSPS) is 15.9. The van der Waals surface area contributed by atoms with Crippen LogP contribution in [0.2, 0.25) is 0 Å². The standard InChI is InChI=1S/C13H19N3O4S2/c1-2-11-3-4-13(21-11)22(19,20)14-9-12(18)16-7-5-15(10-17)6-8-16/h3-4,10,14H,2,5-9H2,1H3. The summed E-state index contributed by atoms with van der Waals surface area (Å²) >= 11 is 1.21.